The summed E-state index contributed by atoms with van der Waals surface area (Å²) in [7, 11) is 2.85. The molecule has 0 aromatic heterocycles. The molecule has 0 aliphatic carbocycles. The Morgan fingerprint density at radius 1 is 1.36 bits per heavy atom. The molecule has 0 bridgehead atoms. The predicted molar refractivity (Wildman–Crippen MR) is 76.7 cm³/mol. The second kappa shape index (κ2) is 8.82. The lowest BCUT2D eigenvalue weighted by molar-refractivity contribution is -0.275. The Morgan fingerprint density at radius 2 is 1.95 bits per heavy atom. The van der Waals surface area contributed by atoms with E-state index in [0.29, 0.717) is 0 Å². The highest BCUT2D eigenvalue weighted by atomic mass is 35.5. The van der Waals surface area contributed by atoms with Crippen LogP contribution in [0.5, 0.6) is 5.75 Å². The van der Waals surface area contributed by atoms with Crippen molar-refractivity contribution in [2.75, 3.05) is 20.8 Å². The topological polar surface area (TPSA) is 64.8 Å². The van der Waals surface area contributed by atoms with Gasteiger partial charge in [0.1, 0.15) is 11.8 Å². The highest BCUT2D eigenvalue weighted by Crippen LogP contribution is 2.26. The lowest BCUT2D eigenvalue weighted by atomic mass is 10.2. The highest BCUT2D eigenvalue weighted by molar-refractivity contribution is 5.85. The van der Waals surface area contributed by atoms with Crippen molar-refractivity contribution in [3.8, 4) is 5.75 Å². The van der Waals surface area contributed by atoms with Crippen LogP contribution >= 0.6 is 12.4 Å². The number of hydrogen-bond donors (Lipinski definition) is 1. The number of halogens is 4. The number of alkyl halides is 3. The van der Waals surface area contributed by atoms with Gasteiger partial charge in [0, 0.05) is 26.3 Å². The van der Waals surface area contributed by atoms with Crippen molar-refractivity contribution in [2.45, 2.75) is 18.9 Å². The Morgan fingerprint density at radius 3 is 2.50 bits per heavy atom. The maximum atomic E-state index is 12.3. The molecule has 22 heavy (non-hydrogen) atoms. The molecule has 2 N–H and O–H groups in total. The van der Waals surface area contributed by atoms with Crippen LogP contribution in [0.25, 0.3) is 0 Å². The van der Waals surface area contributed by atoms with Crippen LogP contribution in [-0.4, -0.2) is 44.0 Å². The molecule has 5 nitrogen and oxygen atoms in total. The molecule has 126 valence electrons. The number of amides is 1. The quantitative estimate of drug-likeness (QED) is 0.858. The molecule has 0 radical (unpaired) electrons. The van der Waals surface area contributed by atoms with Gasteiger partial charge in [-0.15, -0.1) is 25.6 Å². The summed E-state index contributed by atoms with van der Waals surface area (Å²) in [6.45, 7) is -0.0215. The second-order valence-corrected chi connectivity index (χ2v) is 4.41. The number of nitrogens with zero attached hydrogens (tertiary/aromatic N) is 1. The molecule has 0 saturated carbocycles. The molecule has 0 saturated heterocycles. The summed E-state index contributed by atoms with van der Waals surface area (Å²) in [4.78, 5) is 13.1. The smallest absolute Gasteiger partial charge is 0.405 e. The number of hydrogen-bond acceptors (Lipinski definition) is 4. The van der Waals surface area contributed by atoms with E-state index in [1.807, 2.05) is 0 Å². The molecule has 1 unspecified atom stereocenters. The Labute approximate surface area is 132 Å². The van der Waals surface area contributed by atoms with E-state index >= 15 is 0 Å². The summed E-state index contributed by atoms with van der Waals surface area (Å²) in [6, 6.07) is 4.76. The molecule has 1 rings (SSSR count). The first-order chi connectivity index (χ1) is 9.74. The maximum Gasteiger partial charge on any atom is 0.573 e. The van der Waals surface area contributed by atoms with Gasteiger partial charge in [-0.05, 0) is 6.07 Å². The summed E-state index contributed by atoms with van der Waals surface area (Å²) in [5, 5.41) is 0. The van der Waals surface area contributed by atoms with Gasteiger partial charge in [-0.2, -0.15) is 0 Å². The van der Waals surface area contributed by atoms with Crippen molar-refractivity contribution in [3.63, 3.8) is 0 Å². The number of carbonyl (C=O) groups excluding carboxylic acids is 1. The fourth-order valence-electron chi connectivity index (χ4n) is 1.73. The number of rotatable bonds is 6. The molecule has 1 amide bonds. The first kappa shape index (κ1) is 20.5. The van der Waals surface area contributed by atoms with E-state index in [1.54, 1.807) is 6.07 Å². The van der Waals surface area contributed by atoms with E-state index in [0.717, 1.165) is 0 Å². The van der Waals surface area contributed by atoms with E-state index in [9.17, 15) is 18.0 Å². The number of para-hydroxylation sites is 1. The van der Waals surface area contributed by atoms with Gasteiger partial charge in [-0.1, -0.05) is 18.2 Å². The third-order valence-electron chi connectivity index (χ3n) is 2.65. The predicted octanol–water partition coefficient (Wildman–Crippen LogP) is 1.94. The van der Waals surface area contributed by atoms with Gasteiger partial charge >= 0.3 is 6.36 Å². The molecule has 0 aliphatic heterocycles. The molecular formula is C13H18ClF3N2O3. The largest absolute Gasteiger partial charge is 0.573 e. The number of carbonyl (C=O) groups is 1. The SMILES string of the molecule is COCC(N)C(=O)N(C)Cc1ccccc1OC(F)(F)F.Cl. The second-order valence-electron chi connectivity index (χ2n) is 4.41. The standard InChI is InChI=1S/C13H17F3N2O3.ClH/c1-18(12(19)10(17)8-20-2)7-9-5-3-4-6-11(9)21-13(14,15)16;/h3-6,10H,7-8,17H2,1-2H3;1H. The van der Waals surface area contributed by atoms with Crippen molar-refractivity contribution < 1.29 is 27.4 Å². The van der Waals surface area contributed by atoms with Gasteiger partial charge in [0.2, 0.25) is 5.91 Å². The third kappa shape index (κ3) is 6.50. The molecule has 1 aromatic rings. The summed E-state index contributed by atoms with van der Waals surface area (Å²) in [5.74, 6) is -0.774. The zero-order valence-electron chi connectivity index (χ0n) is 12.1. The molecule has 0 fully saturated rings. The van der Waals surface area contributed by atoms with Gasteiger partial charge in [0.25, 0.3) is 0 Å². The zero-order valence-corrected chi connectivity index (χ0v) is 12.9. The van der Waals surface area contributed by atoms with E-state index < -0.39 is 18.3 Å². The average molecular weight is 343 g/mol. The first-order valence-corrected chi connectivity index (χ1v) is 6.07. The van der Waals surface area contributed by atoms with Gasteiger partial charge in [0.15, 0.2) is 0 Å². The van der Waals surface area contributed by atoms with Crippen LogP contribution in [-0.2, 0) is 16.1 Å². The van der Waals surface area contributed by atoms with Crippen molar-refractivity contribution in [1.82, 2.24) is 4.90 Å². The molecule has 0 aliphatic rings. The monoisotopic (exact) mass is 342 g/mol. The fourth-order valence-corrected chi connectivity index (χ4v) is 1.73. The van der Waals surface area contributed by atoms with Crippen LogP contribution in [0, 0.1) is 0 Å². The van der Waals surface area contributed by atoms with E-state index in [2.05, 4.69) is 4.74 Å². The molecule has 1 aromatic carbocycles. The Bertz CT molecular complexity index is 486. The van der Waals surface area contributed by atoms with Crippen molar-refractivity contribution >= 4 is 18.3 Å². The summed E-state index contributed by atoms with van der Waals surface area (Å²) >= 11 is 0. The van der Waals surface area contributed by atoms with Crippen LogP contribution in [0.2, 0.25) is 0 Å². The molecule has 0 spiro atoms. The minimum Gasteiger partial charge on any atom is -0.405 e. The zero-order chi connectivity index (χ0) is 16.0. The van der Waals surface area contributed by atoms with E-state index in [1.165, 1.54) is 37.3 Å². The summed E-state index contributed by atoms with van der Waals surface area (Å²) in [5.41, 5.74) is 5.83. The van der Waals surface area contributed by atoms with E-state index in [4.69, 9.17) is 10.5 Å². The lowest BCUT2D eigenvalue weighted by Crippen LogP contribution is -2.44. The maximum absolute atomic E-state index is 12.3. The first-order valence-electron chi connectivity index (χ1n) is 6.07. The Hall–Kier alpha value is -1.51. The highest BCUT2D eigenvalue weighted by Gasteiger charge is 2.32. The minimum absolute atomic E-state index is 0. The van der Waals surface area contributed by atoms with Crippen LogP contribution < -0.4 is 10.5 Å². The number of methoxy groups -OCH3 is 1. The molecule has 9 heteroatoms. The van der Waals surface area contributed by atoms with Crippen molar-refractivity contribution in [3.05, 3.63) is 29.8 Å². The van der Waals surface area contributed by atoms with Crippen molar-refractivity contribution in [1.29, 1.82) is 0 Å². The van der Waals surface area contributed by atoms with Crippen LogP contribution in [0.3, 0.4) is 0 Å². The van der Waals surface area contributed by atoms with E-state index in [-0.39, 0.29) is 36.9 Å². The van der Waals surface area contributed by atoms with Crippen molar-refractivity contribution in [2.24, 2.45) is 5.73 Å². The third-order valence-corrected chi connectivity index (χ3v) is 2.65. The Kier molecular flexibility index (Phi) is 8.21. The van der Waals surface area contributed by atoms with Gasteiger partial charge < -0.3 is 20.1 Å². The molecule has 1 atom stereocenters. The lowest BCUT2D eigenvalue weighted by Gasteiger charge is -2.22. The van der Waals surface area contributed by atoms with Crippen LogP contribution in [0.4, 0.5) is 13.2 Å². The van der Waals surface area contributed by atoms with Crippen LogP contribution in [0.1, 0.15) is 5.56 Å². The summed E-state index contributed by atoms with van der Waals surface area (Å²) < 4.78 is 45.6. The number of benzene rings is 1. The van der Waals surface area contributed by atoms with Gasteiger partial charge in [-0.25, -0.2) is 0 Å². The Balaban J connectivity index is 0.00000441. The van der Waals surface area contributed by atoms with Gasteiger partial charge in [-0.3, -0.25) is 4.79 Å². The van der Waals surface area contributed by atoms with Gasteiger partial charge in [0.05, 0.1) is 6.61 Å². The summed E-state index contributed by atoms with van der Waals surface area (Å²) in [6.07, 6.45) is -4.79. The average Bonchev–Trinajstić information content (AvgIpc) is 2.38. The fraction of sp³-hybridized carbons (Fsp3) is 0.462. The normalized spacial score (nSPS) is 12.3. The number of likely N-dealkylation sites (N-methyl/N-ethyl adjacent to an activating group) is 1. The molecule has 0 heterocycles. The minimum atomic E-state index is -4.79. The number of ether oxygens (including phenoxy) is 2. The number of nitrogens with two attached hydrogens (primary N) is 1. The van der Waals surface area contributed by atoms with Crippen LogP contribution in [0.15, 0.2) is 24.3 Å². The molecular weight excluding hydrogens is 325 g/mol.